The molecule has 1 N–H and O–H groups in total. The standard InChI is InChI=1S/C14H12F4N2/c1-19-13(9-2-4-10(15)5-3-9)11-8-20-7-6-12(11)14(16,17)18/h2-8,13,19H,1H3. The molecular weight excluding hydrogens is 272 g/mol. The molecule has 1 heterocycles. The first-order valence-electron chi connectivity index (χ1n) is 5.87. The first-order chi connectivity index (χ1) is 9.43. The Morgan fingerprint density at radius 1 is 1.10 bits per heavy atom. The Bertz CT molecular complexity index is 578. The van der Waals surface area contributed by atoms with Crippen molar-refractivity contribution in [2.75, 3.05) is 7.05 Å². The van der Waals surface area contributed by atoms with Gasteiger partial charge >= 0.3 is 6.18 Å². The molecule has 0 aliphatic heterocycles. The molecule has 2 rings (SSSR count). The van der Waals surface area contributed by atoms with Gasteiger partial charge in [-0.15, -0.1) is 0 Å². The van der Waals surface area contributed by atoms with Crippen LogP contribution < -0.4 is 5.32 Å². The van der Waals surface area contributed by atoms with Crippen molar-refractivity contribution < 1.29 is 17.6 Å². The molecule has 1 atom stereocenters. The fourth-order valence-electron chi connectivity index (χ4n) is 2.05. The van der Waals surface area contributed by atoms with E-state index in [9.17, 15) is 17.6 Å². The maximum Gasteiger partial charge on any atom is 0.416 e. The second kappa shape index (κ2) is 5.58. The van der Waals surface area contributed by atoms with Crippen LogP contribution in [0.1, 0.15) is 22.7 Å². The summed E-state index contributed by atoms with van der Waals surface area (Å²) >= 11 is 0. The van der Waals surface area contributed by atoms with Gasteiger partial charge in [0.1, 0.15) is 5.82 Å². The Morgan fingerprint density at radius 2 is 1.75 bits per heavy atom. The lowest BCUT2D eigenvalue weighted by atomic mass is 9.96. The van der Waals surface area contributed by atoms with Gasteiger partial charge in [-0.25, -0.2) is 4.39 Å². The number of nitrogens with one attached hydrogen (secondary N) is 1. The smallest absolute Gasteiger partial charge is 0.309 e. The van der Waals surface area contributed by atoms with Gasteiger partial charge in [-0.05, 0) is 30.8 Å². The number of halogens is 4. The highest BCUT2D eigenvalue weighted by Crippen LogP contribution is 2.35. The third kappa shape index (κ3) is 2.96. The monoisotopic (exact) mass is 284 g/mol. The van der Waals surface area contributed by atoms with Gasteiger partial charge in [-0.3, -0.25) is 4.98 Å². The van der Waals surface area contributed by atoms with E-state index in [0.29, 0.717) is 5.56 Å². The van der Waals surface area contributed by atoms with Crippen molar-refractivity contribution in [3.8, 4) is 0 Å². The van der Waals surface area contributed by atoms with E-state index in [2.05, 4.69) is 10.3 Å². The number of pyridine rings is 1. The molecule has 2 aromatic rings. The summed E-state index contributed by atoms with van der Waals surface area (Å²) in [5.74, 6) is -0.439. The largest absolute Gasteiger partial charge is 0.416 e. The van der Waals surface area contributed by atoms with Gasteiger partial charge in [-0.1, -0.05) is 12.1 Å². The van der Waals surface area contributed by atoms with Gasteiger partial charge in [-0.2, -0.15) is 13.2 Å². The van der Waals surface area contributed by atoms with Crippen molar-refractivity contribution in [1.29, 1.82) is 0 Å². The van der Waals surface area contributed by atoms with E-state index in [1.54, 1.807) is 7.05 Å². The van der Waals surface area contributed by atoms with Crippen LogP contribution in [0.4, 0.5) is 17.6 Å². The fraction of sp³-hybridized carbons (Fsp3) is 0.214. The van der Waals surface area contributed by atoms with Crippen LogP contribution in [0, 0.1) is 5.82 Å². The molecule has 0 saturated heterocycles. The summed E-state index contributed by atoms with van der Waals surface area (Å²) in [6.45, 7) is 0. The Labute approximate surface area is 113 Å². The lowest BCUT2D eigenvalue weighted by Gasteiger charge is -2.21. The molecule has 0 aliphatic carbocycles. The molecule has 6 heteroatoms. The van der Waals surface area contributed by atoms with Gasteiger partial charge < -0.3 is 5.32 Å². The molecular formula is C14H12F4N2. The fourth-order valence-corrected chi connectivity index (χ4v) is 2.05. The van der Waals surface area contributed by atoms with Crippen molar-refractivity contribution >= 4 is 0 Å². The van der Waals surface area contributed by atoms with Crippen molar-refractivity contribution in [2.45, 2.75) is 12.2 Å². The van der Waals surface area contributed by atoms with E-state index in [0.717, 1.165) is 12.3 Å². The first kappa shape index (κ1) is 14.5. The third-order valence-corrected chi connectivity index (χ3v) is 2.96. The van der Waals surface area contributed by atoms with Crippen molar-refractivity contribution in [1.82, 2.24) is 10.3 Å². The van der Waals surface area contributed by atoms with Crippen molar-refractivity contribution in [2.24, 2.45) is 0 Å². The molecule has 0 radical (unpaired) electrons. The number of nitrogens with zero attached hydrogens (tertiary/aromatic N) is 1. The van der Waals surface area contributed by atoms with Gasteiger partial charge in [0.15, 0.2) is 0 Å². The normalized spacial score (nSPS) is 13.2. The number of hydrogen-bond acceptors (Lipinski definition) is 2. The average molecular weight is 284 g/mol. The molecule has 0 spiro atoms. The lowest BCUT2D eigenvalue weighted by Crippen LogP contribution is -2.22. The highest BCUT2D eigenvalue weighted by Gasteiger charge is 2.35. The molecule has 2 nitrogen and oxygen atoms in total. The molecule has 0 fully saturated rings. The SMILES string of the molecule is CNC(c1ccc(F)cc1)c1cnccc1C(F)(F)F. The molecule has 0 amide bonds. The Hall–Kier alpha value is -1.95. The maximum absolute atomic E-state index is 13.0. The molecule has 0 bridgehead atoms. The van der Waals surface area contributed by atoms with E-state index < -0.39 is 23.6 Å². The van der Waals surface area contributed by atoms with Gasteiger partial charge in [0.2, 0.25) is 0 Å². The Balaban J connectivity index is 2.50. The number of aromatic nitrogens is 1. The Kier molecular flexibility index (Phi) is 4.04. The molecule has 0 saturated carbocycles. The topological polar surface area (TPSA) is 24.9 Å². The van der Waals surface area contributed by atoms with E-state index in [-0.39, 0.29) is 5.56 Å². The van der Waals surface area contributed by atoms with Crippen LogP contribution in [0.3, 0.4) is 0 Å². The maximum atomic E-state index is 13.0. The zero-order valence-corrected chi connectivity index (χ0v) is 10.6. The highest BCUT2D eigenvalue weighted by atomic mass is 19.4. The zero-order valence-electron chi connectivity index (χ0n) is 10.6. The summed E-state index contributed by atoms with van der Waals surface area (Å²) in [4.78, 5) is 3.76. The number of alkyl halides is 3. The third-order valence-electron chi connectivity index (χ3n) is 2.96. The van der Waals surface area contributed by atoms with Crippen LogP contribution in [0.5, 0.6) is 0 Å². The average Bonchev–Trinajstić information content (AvgIpc) is 2.41. The predicted octanol–water partition coefficient (Wildman–Crippen LogP) is 3.55. The minimum atomic E-state index is -4.46. The Morgan fingerprint density at radius 3 is 2.30 bits per heavy atom. The summed E-state index contributed by atoms with van der Waals surface area (Å²) in [7, 11) is 1.54. The van der Waals surface area contributed by atoms with Crippen molar-refractivity contribution in [3.63, 3.8) is 0 Å². The summed E-state index contributed by atoms with van der Waals surface area (Å²) in [6, 6.07) is 5.55. The van der Waals surface area contributed by atoms with Crippen LogP contribution in [0.15, 0.2) is 42.7 Å². The van der Waals surface area contributed by atoms with E-state index in [4.69, 9.17) is 0 Å². The second-order valence-corrected chi connectivity index (χ2v) is 4.23. The highest BCUT2D eigenvalue weighted by molar-refractivity contribution is 5.37. The van der Waals surface area contributed by atoms with Gasteiger partial charge in [0.25, 0.3) is 0 Å². The number of hydrogen-bond donors (Lipinski definition) is 1. The summed E-state index contributed by atoms with van der Waals surface area (Å²) in [5, 5.41) is 2.80. The molecule has 1 aromatic heterocycles. The lowest BCUT2D eigenvalue weighted by molar-refractivity contribution is -0.138. The molecule has 1 unspecified atom stereocenters. The quantitative estimate of drug-likeness (QED) is 0.872. The van der Waals surface area contributed by atoms with Crippen LogP contribution in [-0.4, -0.2) is 12.0 Å². The molecule has 20 heavy (non-hydrogen) atoms. The molecule has 0 aliphatic rings. The van der Waals surface area contributed by atoms with Crippen LogP contribution in [0.25, 0.3) is 0 Å². The van der Waals surface area contributed by atoms with Crippen LogP contribution >= 0.6 is 0 Å². The zero-order chi connectivity index (χ0) is 14.8. The van der Waals surface area contributed by atoms with E-state index in [1.165, 1.54) is 30.5 Å². The predicted molar refractivity (Wildman–Crippen MR) is 66.5 cm³/mol. The van der Waals surface area contributed by atoms with Crippen molar-refractivity contribution in [3.05, 3.63) is 65.2 Å². The summed E-state index contributed by atoms with van der Waals surface area (Å²) < 4.78 is 51.9. The first-order valence-corrected chi connectivity index (χ1v) is 5.87. The van der Waals surface area contributed by atoms with E-state index >= 15 is 0 Å². The van der Waals surface area contributed by atoms with E-state index in [1.807, 2.05) is 0 Å². The summed E-state index contributed by atoms with van der Waals surface area (Å²) in [5.41, 5.74) is -0.210. The number of benzene rings is 1. The molecule has 1 aromatic carbocycles. The molecule has 106 valence electrons. The number of rotatable bonds is 3. The minimum absolute atomic E-state index is 0.00843. The van der Waals surface area contributed by atoms with Crippen LogP contribution in [0.2, 0.25) is 0 Å². The van der Waals surface area contributed by atoms with Gasteiger partial charge in [0, 0.05) is 18.0 Å². The van der Waals surface area contributed by atoms with Gasteiger partial charge in [0.05, 0.1) is 11.6 Å². The second-order valence-electron chi connectivity index (χ2n) is 4.23. The minimum Gasteiger partial charge on any atom is -0.309 e. The summed E-state index contributed by atoms with van der Waals surface area (Å²) in [6.07, 6.45) is -2.19. The van der Waals surface area contributed by atoms with Crippen LogP contribution in [-0.2, 0) is 6.18 Å².